The van der Waals surface area contributed by atoms with Gasteiger partial charge in [-0.3, -0.25) is 0 Å². The predicted octanol–water partition coefficient (Wildman–Crippen LogP) is 2.21. The minimum Gasteiger partial charge on any atom is -0.357 e. The molecule has 2 aliphatic rings. The van der Waals surface area contributed by atoms with Gasteiger partial charge in [0.25, 0.3) is 0 Å². The Labute approximate surface area is 130 Å². The summed E-state index contributed by atoms with van der Waals surface area (Å²) < 4.78 is 0. The molecule has 0 aliphatic carbocycles. The first kappa shape index (κ1) is 14.7. The maximum atomic E-state index is 4.59. The fourth-order valence-corrected chi connectivity index (χ4v) is 4.03. The molecule has 6 nitrogen and oxygen atoms in total. The fraction of sp³-hybridized carbons (Fsp3) is 0.786. The van der Waals surface area contributed by atoms with Crippen molar-refractivity contribution in [2.45, 2.75) is 37.4 Å². The van der Waals surface area contributed by atoms with E-state index in [1.807, 2.05) is 7.05 Å². The molecule has 0 amide bonds. The molecule has 2 saturated heterocycles. The van der Waals surface area contributed by atoms with Crippen LogP contribution >= 0.6 is 11.8 Å². The first-order valence-corrected chi connectivity index (χ1v) is 8.94. The zero-order valence-electron chi connectivity index (χ0n) is 12.6. The van der Waals surface area contributed by atoms with Gasteiger partial charge >= 0.3 is 0 Å². The predicted molar refractivity (Wildman–Crippen MR) is 89.4 cm³/mol. The van der Waals surface area contributed by atoms with Crippen LogP contribution < -0.4 is 15.5 Å². The Morgan fingerprint density at radius 1 is 1.10 bits per heavy atom. The van der Waals surface area contributed by atoms with E-state index in [1.54, 1.807) is 0 Å². The topological polar surface area (TPSA) is 66.0 Å². The number of nitrogens with zero attached hydrogens (tertiary/aromatic N) is 4. The molecular weight excluding hydrogens is 284 g/mol. The summed E-state index contributed by atoms with van der Waals surface area (Å²) >= 11 is 2.06. The van der Waals surface area contributed by atoms with Gasteiger partial charge in [0.05, 0.1) is 0 Å². The summed E-state index contributed by atoms with van der Waals surface area (Å²) in [5.41, 5.74) is 0. The molecule has 3 rings (SSSR count). The standard InChI is InChI=1S/C14H24N6S/c1-15-12-17-13(16-10-11-6-2-5-9-21-11)19-14(18-12)20-7-3-4-8-20/h11H,2-10H2,1H3,(H2,15,16,17,18,19). The highest BCUT2D eigenvalue weighted by atomic mass is 32.2. The highest BCUT2D eigenvalue weighted by Gasteiger charge is 2.18. The zero-order valence-corrected chi connectivity index (χ0v) is 13.5. The third-order valence-corrected chi connectivity index (χ3v) is 5.40. The average molecular weight is 308 g/mol. The van der Waals surface area contributed by atoms with Gasteiger partial charge in [-0.25, -0.2) is 0 Å². The second kappa shape index (κ2) is 7.15. The van der Waals surface area contributed by atoms with Crippen LogP contribution in [0, 0.1) is 0 Å². The Morgan fingerprint density at radius 2 is 1.90 bits per heavy atom. The fourth-order valence-electron chi connectivity index (χ4n) is 2.79. The summed E-state index contributed by atoms with van der Waals surface area (Å²) in [5, 5.41) is 7.12. The minimum absolute atomic E-state index is 0.644. The molecule has 0 radical (unpaired) electrons. The highest BCUT2D eigenvalue weighted by Crippen LogP contribution is 2.25. The molecule has 7 heteroatoms. The van der Waals surface area contributed by atoms with Crippen molar-refractivity contribution in [1.82, 2.24) is 15.0 Å². The summed E-state index contributed by atoms with van der Waals surface area (Å²) in [5.74, 6) is 3.42. The summed E-state index contributed by atoms with van der Waals surface area (Å²) in [4.78, 5) is 15.7. The van der Waals surface area contributed by atoms with Crippen molar-refractivity contribution < 1.29 is 0 Å². The number of anilines is 3. The van der Waals surface area contributed by atoms with Crippen molar-refractivity contribution in [3.8, 4) is 0 Å². The number of thioether (sulfide) groups is 1. The first-order chi connectivity index (χ1) is 10.3. The normalized spacial score (nSPS) is 22.3. The lowest BCUT2D eigenvalue weighted by Gasteiger charge is -2.22. The summed E-state index contributed by atoms with van der Waals surface area (Å²) in [6.45, 7) is 3.04. The molecule has 3 heterocycles. The van der Waals surface area contributed by atoms with Crippen LogP contribution in [-0.2, 0) is 0 Å². The highest BCUT2D eigenvalue weighted by molar-refractivity contribution is 7.99. The lowest BCUT2D eigenvalue weighted by atomic mass is 10.2. The van der Waals surface area contributed by atoms with Crippen molar-refractivity contribution in [3.05, 3.63) is 0 Å². The van der Waals surface area contributed by atoms with Gasteiger partial charge in [0.15, 0.2) is 0 Å². The molecule has 1 aromatic heterocycles. The van der Waals surface area contributed by atoms with Crippen LogP contribution in [0.3, 0.4) is 0 Å². The van der Waals surface area contributed by atoms with E-state index in [-0.39, 0.29) is 0 Å². The number of hydrogen-bond donors (Lipinski definition) is 2. The molecule has 2 aliphatic heterocycles. The molecule has 0 aromatic carbocycles. The molecule has 0 spiro atoms. The van der Waals surface area contributed by atoms with Crippen molar-refractivity contribution in [2.24, 2.45) is 0 Å². The van der Waals surface area contributed by atoms with Crippen LogP contribution in [0.1, 0.15) is 32.1 Å². The second-order valence-corrected chi connectivity index (χ2v) is 7.00. The molecule has 1 aromatic rings. The van der Waals surface area contributed by atoms with E-state index >= 15 is 0 Å². The van der Waals surface area contributed by atoms with Crippen LogP contribution in [0.4, 0.5) is 17.8 Å². The summed E-state index contributed by atoms with van der Waals surface area (Å²) in [7, 11) is 1.85. The summed E-state index contributed by atoms with van der Waals surface area (Å²) in [6, 6.07) is 0. The molecule has 2 N–H and O–H groups in total. The van der Waals surface area contributed by atoms with E-state index in [0.717, 1.165) is 25.6 Å². The Hall–Kier alpha value is -1.24. The van der Waals surface area contributed by atoms with Gasteiger partial charge in [-0.1, -0.05) is 6.42 Å². The Bertz CT molecular complexity index is 457. The third-order valence-electron chi connectivity index (χ3n) is 4.00. The van der Waals surface area contributed by atoms with Crippen molar-refractivity contribution in [3.63, 3.8) is 0 Å². The number of rotatable bonds is 5. The lowest BCUT2D eigenvalue weighted by Crippen LogP contribution is -2.24. The molecule has 0 saturated carbocycles. The lowest BCUT2D eigenvalue weighted by molar-refractivity contribution is 0.676. The van der Waals surface area contributed by atoms with Gasteiger partial charge in [-0.2, -0.15) is 26.7 Å². The van der Waals surface area contributed by atoms with E-state index in [4.69, 9.17) is 0 Å². The van der Waals surface area contributed by atoms with Crippen LogP contribution in [0.2, 0.25) is 0 Å². The monoisotopic (exact) mass is 308 g/mol. The van der Waals surface area contributed by atoms with Gasteiger partial charge < -0.3 is 15.5 Å². The Balaban J connectivity index is 1.66. The largest absolute Gasteiger partial charge is 0.357 e. The molecular formula is C14H24N6S. The number of nitrogens with one attached hydrogen (secondary N) is 2. The zero-order chi connectivity index (χ0) is 14.5. The van der Waals surface area contributed by atoms with Gasteiger partial charge in [-0.05, 0) is 31.4 Å². The van der Waals surface area contributed by atoms with E-state index in [1.165, 1.54) is 37.9 Å². The van der Waals surface area contributed by atoms with E-state index < -0.39 is 0 Å². The number of hydrogen-bond acceptors (Lipinski definition) is 7. The molecule has 21 heavy (non-hydrogen) atoms. The number of aromatic nitrogens is 3. The van der Waals surface area contributed by atoms with Crippen molar-refractivity contribution in [2.75, 3.05) is 48.0 Å². The van der Waals surface area contributed by atoms with E-state index in [2.05, 4.69) is 42.2 Å². The quantitative estimate of drug-likeness (QED) is 0.864. The smallest absolute Gasteiger partial charge is 0.231 e. The maximum Gasteiger partial charge on any atom is 0.231 e. The molecule has 1 unspecified atom stereocenters. The van der Waals surface area contributed by atoms with Crippen LogP contribution in [0.25, 0.3) is 0 Å². The van der Waals surface area contributed by atoms with Crippen molar-refractivity contribution >= 4 is 29.6 Å². The Kier molecular flexibility index (Phi) is 5.00. The Morgan fingerprint density at radius 3 is 2.62 bits per heavy atom. The van der Waals surface area contributed by atoms with E-state index in [0.29, 0.717) is 17.1 Å². The van der Waals surface area contributed by atoms with Gasteiger partial charge in [-0.15, -0.1) is 0 Å². The third kappa shape index (κ3) is 3.90. The minimum atomic E-state index is 0.644. The van der Waals surface area contributed by atoms with E-state index in [9.17, 15) is 0 Å². The van der Waals surface area contributed by atoms with Gasteiger partial charge in [0, 0.05) is 31.9 Å². The second-order valence-electron chi connectivity index (χ2n) is 5.60. The molecule has 1 atom stereocenters. The van der Waals surface area contributed by atoms with Gasteiger partial charge in [0.1, 0.15) is 0 Å². The van der Waals surface area contributed by atoms with Crippen LogP contribution in [-0.4, -0.2) is 52.6 Å². The molecule has 2 fully saturated rings. The van der Waals surface area contributed by atoms with Gasteiger partial charge in [0.2, 0.25) is 17.8 Å². The SMILES string of the molecule is CNc1nc(NCC2CCCCS2)nc(N2CCCC2)n1. The molecule has 0 bridgehead atoms. The maximum absolute atomic E-state index is 4.59. The average Bonchev–Trinajstić information content (AvgIpc) is 3.08. The van der Waals surface area contributed by atoms with Crippen LogP contribution in [0.5, 0.6) is 0 Å². The van der Waals surface area contributed by atoms with Crippen LogP contribution in [0.15, 0.2) is 0 Å². The molecule has 116 valence electrons. The summed E-state index contributed by atoms with van der Waals surface area (Å²) in [6.07, 6.45) is 6.44. The first-order valence-electron chi connectivity index (χ1n) is 7.89. The van der Waals surface area contributed by atoms with Crippen molar-refractivity contribution in [1.29, 1.82) is 0 Å².